The van der Waals surface area contributed by atoms with E-state index in [9.17, 15) is 27.0 Å². The number of ether oxygens (including phenoxy) is 1. The van der Waals surface area contributed by atoms with Gasteiger partial charge in [0.05, 0.1) is 18.2 Å². The largest absolute Gasteiger partial charge is 0.497 e. The average Bonchev–Trinajstić information content (AvgIpc) is 3.73. The third-order valence-corrected chi connectivity index (χ3v) is 12.8. The summed E-state index contributed by atoms with van der Waals surface area (Å²) in [5, 5.41) is 0.993. The molecule has 2 bridgehead atoms. The summed E-state index contributed by atoms with van der Waals surface area (Å²) in [6.45, 7) is 2.05. The minimum Gasteiger partial charge on any atom is -0.497 e. The molecule has 2 aliphatic carbocycles. The van der Waals surface area contributed by atoms with Crippen molar-refractivity contribution in [3.05, 3.63) is 53.1 Å². The standard InChI is InChI=1S/C36H41F3N4O4S/c1-41-17-24-10-9-23(41)18-42(24)34(45)35-16-29(35)28-15-25(47-2)11-13-26(28)32-31(21-6-4-3-5-7-21)27-12-8-22(14-30(27)43(32)19-35)33(44)40-48(46)20-36(37,38)39/h8,11-15,21,23-24,29H,3-7,9-10,16-20H2,1-2H3,(H,40,44). The Labute approximate surface area is 280 Å². The number of carbonyl (C=O) groups is 2. The van der Waals surface area contributed by atoms with Crippen molar-refractivity contribution in [3.8, 4) is 17.0 Å². The van der Waals surface area contributed by atoms with Gasteiger partial charge in [0.2, 0.25) is 5.91 Å². The number of hydrogen-bond donors (Lipinski definition) is 1. The molecule has 0 spiro atoms. The van der Waals surface area contributed by atoms with E-state index in [1.54, 1.807) is 19.2 Å². The van der Waals surface area contributed by atoms with Gasteiger partial charge in [-0.25, -0.2) is 4.21 Å². The van der Waals surface area contributed by atoms with Gasteiger partial charge in [-0.1, -0.05) is 25.3 Å². The number of aromatic nitrogens is 1. The fourth-order valence-electron chi connectivity index (χ4n) is 9.34. The Bertz CT molecular complexity index is 1840. The number of fused-ring (bicyclic) bond motifs is 10. The van der Waals surface area contributed by atoms with Crippen molar-refractivity contribution in [1.29, 1.82) is 0 Å². The maximum Gasteiger partial charge on any atom is 0.402 e. The summed E-state index contributed by atoms with van der Waals surface area (Å²) in [6.07, 6.45) is 3.64. The van der Waals surface area contributed by atoms with Gasteiger partial charge in [0.1, 0.15) is 22.5 Å². The number of nitrogens with one attached hydrogen (secondary N) is 1. The number of alkyl halides is 3. The second kappa shape index (κ2) is 11.6. The van der Waals surface area contributed by atoms with Crippen LogP contribution in [0, 0.1) is 5.41 Å². The number of methoxy groups -OCH3 is 1. The fourth-order valence-corrected chi connectivity index (χ4v) is 10.0. The number of nitrogens with zero attached hydrogens (tertiary/aromatic N) is 3. The van der Waals surface area contributed by atoms with Gasteiger partial charge in [0.25, 0.3) is 5.91 Å². The number of carbonyl (C=O) groups excluding carboxylic acids is 2. The number of benzene rings is 2. The Hall–Kier alpha value is -3.38. The van der Waals surface area contributed by atoms with Gasteiger partial charge in [-0.2, -0.15) is 13.2 Å². The molecule has 2 aromatic carbocycles. The van der Waals surface area contributed by atoms with E-state index >= 15 is 0 Å². The molecule has 5 unspecified atom stereocenters. The van der Waals surface area contributed by atoms with Crippen LogP contribution in [-0.2, 0) is 22.3 Å². The van der Waals surface area contributed by atoms with E-state index in [0.717, 1.165) is 85.1 Å². The van der Waals surface area contributed by atoms with E-state index in [4.69, 9.17) is 4.74 Å². The summed E-state index contributed by atoms with van der Waals surface area (Å²) in [6, 6.07) is 11.9. The van der Waals surface area contributed by atoms with E-state index in [-0.39, 0.29) is 23.4 Å². The van der Waals surface area contributed by atoms with Crippen LogP contribution in [0.2, 0.25) is 0 Å². The van der Waals surface area contributed by atoms with Gasteiger partial charge in [-0.3, -0.25) is 19.2 Å². The van der Waals surface area contributed by atoms with Crippen LogP contribution in [0.15, 0.2) is 36.4 Å². The summed E-state index contributed by atoms with van der Waals surface area (Å²) < 4.78 is 60.8. The zero-order valence-electron chi connectivity index (χ0n) is 27.3. The molecule has 9 rings (SSSR count). The molecule has 2 saturated carbocycles. The molecule has 5 atom stereocenters. The Morgan fingerprint density at radius 2 is 1.79 bits per heavy atom. The van der Waals surface area contributed by atoms with Gasteiger partial charge in [0.15, 0.2) is 0 Å². The first kappa shape index (κ1) is 31.9. The quantitative estimate of drug-likeness (QED) is 0.339. The van der Waals surface area contributed by atoms with Crippen molar-refractivity contribution in [2.24, 2.45) is 5.41 Å². The molecular formula is C36H41F3N4O4S. The van der Waals surface area contributed by atoms with Crippen molar-refractivity contribution >= 4 is 33.7 Å². The topological polar surface area (TPSA) is 83.9 Å². The molecule has 5 fully saturated rings. The molecule has 2 amide bonds. The first-order valence-corrected chi connectivity index (χ1v) is 18.4. The van der Waals surface area contributed by atoms with Crippen LogP contribution in [0.5, 0.6) is 5.75 Å². The number of amides is 2. The highest BCUT2D eigenvalue weighted by Gasteiger charge is 2.65. The number of piperidine rings is 2. The summed E-state index contributed by atoms with van der Waals surface area (Å²) in [5.74, 6) is -1.20. The summed E-state index contributed by atoms with van der Waals surface area (Å²) >= 11 is 0. The van der Waals surface area contributed by atoms with Gasteiger partial charge >= 0.3 is 6.18 Å². The molecule has 6 aliphatic rings. The predicted molar refractivity (Wildman–Crippen MR) is 177 cm³/mol. The Morgan fingerprint density at radius 1 is 1.02 bits per heavy atom. The fraction of sp³-hybridized carbons (Fsp3) is 0.556. The molecule has 5 heterocycles. The molecule has 8 nitrogen and oxygen atoms in total. The molecule has 0 radical (unpaired) electrons. The lowest BCUT2D eigenvalue weighted by Gasteiger charge is -2.51. The molecule has 1 N–H and O–H groups in total. The van der Waals surface area contributed by atoms with Crippen LogP contribution in [-0.4, -0.2) is 81.6 Å². The van der Waals surface area contributed by atoms with Crippen LogP contribution >= 0.6 is 0 Å². The number of rotatable bonds is 6. The van der Waals surface area contributed by atoms with E-state index in [1.165, 1.54) is 12.0 Å². The summed E-state index contributed by atoms with van der Waals surface area (Å²) in [4.78, 5) is 32.6. The van der Waals surface area contributed by atoms with Gasteiger partial charge in [-0.15, -0.1) is 0 Å². The Balaban J connectivity index is 1.28. The summed E-state index contributed by atoms with van der Waals surface area (Å²) in [5.41, 5.74) is 4.71. The van der Waals surface area contributed by atoms with Crippen LogP contribution in [0.4, 0.5) is 13.2 Å². The maximum absolute atomic E-state index is 14.9. The highest BCUT2D eigenvalue weighted by molar-refractivity contribution is 7.83. The maximum atomic E-state index is 14.9. The number of likely N-dealkylation sites (N-methyl/N-ethyl adjacent to an activating group) is 1. The van der Waals surface area contributed by atoms with Gasteiger partial charge < -0.3 is 14.2 Å². The van der Waals surface area contributed by atoms with Crippen molar-refractivity contribution in [1.82, 2.24) is 19.1 Å². The molecule has 3 aromatic rings. The molecule has 48 heavy (non-hydrogen) atoms. The van der Waals surface area contributed by atoms with Gasteiger partial charge in [-0.05, 0) is 86.5 Å². The van der Waals surface area contributed by atoms with Crippen LogP contribution < -0.4 is 9.46 Å². The number of piperazine rings is 1. The third kappa shape index (κ3) is 5.25. The monoisotopic (exact) mass is 682 g/mol. The summed E-state index contributed by atoms with van der Waals surface area (Å²) in [7, 11) is 1.19. The van der Waals surface area contributed by atoms with E-state index in [2.05, 4.69) is 33.5 Å². The average molecular weight is 683 g/mol. The van der Waals surface area contributed by atoms with Crippen molar-refractivity contribution in [3.63, 3.8) is 0 Å². The lowest BCUT2D eigenvalue weighted by atomic mass is 9.81. The van der Waals surface area contributed by atoms with Crippen LogP contribution in [0.25, 0.3) is 22.2 Å². The van der Waals surface area contributed by atoms with E-state index < -0.39 is 34.2 Å². The lowest BCUT2D eigenvalue weighted by Crippen LogP contribution is -2.64. The molecule has 1 aromatic heterocycles. The molecular weight excluding hydrogens is 641 g/mol. The smallest absolute Gasteiger partial charge is 0.402 e. The zero-order chi connectivity index (χ0) is 33.5. The highest BCUT2D eigenvalue weighted by Crippen LogP contribution is 2.66. The zero-order valence-corrected chi connectivity index (χ0v) is 28.1. The van der Waals surface area contributed by atoms with Crippen molar-refractivity contribution in [2.45, 2.75) is 88.0 Å². The minimum atomic E-state index is -4.67. The van der Waals surface area contributed by atoms with Crippen molar-refractivity contribution in [2.75, 3.05) is 33.0 Å². The second-order valence-corrected chi connectivity index (χ2v) is 15.8. The van der Waals surface area contributed by atoms with Crippen molar-refractivity contribution < 1.29 is 31.7 Å². The Kier molecular flexibility index (Phi) is 7.70. The second-order valence-electron chi connectivity index (χ2n) is 14.6. The number of halogens is 3. The molecule has 12 heteroatoms. The van der Waals surface area contributed by atoms with Crippen LogP contribution in [0.3, 0.4) is 0 Å². The normalized spacial score (nSPS) is 27.5. The highest BCUT2D eigenvalue weighted by atomic mass is 32.2. The van der Waals surface area contributed by atoms with Gasteiger partial charge in [0, 0.05) is 59.7 Å². The van der Waals surface area contributed by atoms with Crippen LogP contribution in [0.1, 0.15) is 84.7 Å². The Morgan fingerprint density at radius 3 is 2.48 bits per heavy atom. The SMILES string of the molecule is COc1ccc2c(c1)C1CC1(C(=O)N1CC3CCC1CN3C)Cn1c-2c(C2CCCCC2)c2ccc(C(=O)NS(=O)CC(F)(F)F)cc21. The first-order valence-electron chi connectivity index (χ1n) is 17.1. The third-order valence-electron chi connectivity index (χ3n) is 11.8. The number of hydrogen-bond acceptors (Lipinski definition) is 5. The van der Waals surface area contributed by atoms with E-state index in [1.807, 2.05) is 16.9 Å². The lowest BCUT2D eigenvalue weighted by molar-refractivity contribution is -0.147. The molecule has 4 aliphatic heterocycles. The molecule has 256 valence electrons. The first-order chi connectivity index (χ1) is 23.0. The molecule has 3 saturated heterocycles. The minimum absolute atomic E-state index is 0.0127. The van der Waals surface area contributed by atoms with E-state index in [0.29, 0.717) is 24.9 Å². The predicted octanol–water partition coefficient (Wildman–Crippen LogP) is 6.11.